The van der Waals surface area contributed by atoms with Crippen molar-refractivity contribution in [1.82, 2.24) is 10.6 Å². The molecule has 0 aliphatic heterocycles. The Bertz CT molecular complexity index is 847. The van der Waals surface area contributed by atoms with Gasteiger partial charge in [0.15, 0.2) is 0 Å². The van der Waals surface area contributed by atoms with E-state index in [2.05, 4.69) is 47.9 Å². The van der Waals surface area contributed by atoms with Crippen LogP contribution in [0.15, 0.2) is 54.6 Å². The molecule has 31 heavy (non-hydrogen) atoms. The summed E-state index contributed by atoms with van der Waals surface area (Å²) in [6.07, 6.45) is 1.33. The summed E-state index contributed by atoms with van der Waals surface area (Å²) < 4.78 is 5.17. The number of hydrogen-bond acceptors (Lipinski definition) is 4. The lowest BCUT2D eigenvalue weighted by atomic mass is 9.89. The smallest absolute Gasteiger partial charge is 0.408 e. The fourth-order valence-electron chi connectivity index (χ4n) is 3.34. The highest BCUT2D eigenvalue weighted by Gasteiger charge is 2.19. The lowest BCUT2D eigenvalue weighted by Gasteiger charge is -2.21. The van der Waals surface area contributed by atoms with Gasteiger partial charge in [-0.25, -0.2) is 4.79 Å². The minimum Gasteiger partial charge on any atom is -0.444 e. The zero-order chi connectivity index (χ0) is 22.9. The van der Waals surface area contributed by atoms with Crippen LogP contribution in [0.2, 0.25) is 0 Å². The first-order valence-corrected chi connectivity index (χ1v) is 10.8. The number of hydrogen-bond donors (Lipinski definition) is 3. The molecular weight excluding hydrogens is 390 g/mol. The van der Waals surface area contributed by atoms with Crippen LogP contribution in [0.4, 0.5) is 4.79 Å². The van der Waals surface area contributed by atoms with Crippen LogP contribution in [-0.4, -0.2) is 30.7 Å². The molecule has 2 aromatic carbocycles. The van der Waals surface area contributed by atoms with E-state index in [4.69, 9.17) is 10.5 Å². The lowest BCUT2D eigenvalue weighted by molar-refractivity contribution is -0.120. The molecule has 0 fully saturated rings. The highest BCUT2D eigenvalue weighted by Crippen LogP contribution is 2.27. The van der Waals surface area contributed by atoms with E-state index in [1.807, 2.05) is 24.3 Å². The first-order chi connectivity index (χ1) is 14.7. The molecule has 2 rings (SSSR count). The van der Waals surface area contributed by atoms with Gasteiger partial charge in [0.1, 0.15) is 5.60 Å². The van der Waals surface area contributed by atoms with Gasteiger partial charge in [0.2, 0.25) is 5.91 Å². The minimum atomic E-state index is -0.611. The number of carbonyl (C=O) groups is 2. The van der Waals surface area contributed by atoms with Crippen LogP contribution in [0.1, 0.15) is 69.2 Å². The van der Waals surface area contributed by atoms with Gasteiger partial charge in [-0.1, -0.05) is 67.9 Å². The molecule has 0 heterocycles. The van der Waals surface area contributed by atoms with E-state index >= 15 is 0 Å². The summed E-state index contributed by atoms with van der Waals surface area (Å²) in [7, 11) is 0. The second-order valence-electron chi connectivity index (χ2n) is 8.69. The number of nitrogens with one attached hydrogen (secondary N) is 2. The molecule has 2 atom stereocenters. The summed E-state index contributed by atoms with van der Waals surface area (Å²) in [6.45, 7) is 7.72. The molecule has 4 N–H and O–H groups in total. The van der Waals surface area contributed by atoms with Crippen LogP contribution >= 0.6 is 0 Å². The lowest BCUT2D eigenvalue weighted by Crippen LogP contribution is -2.40. The fourth-order valence-corrected chi connectivity index (χ4v) is 3.34. The zero-order valence-corrected chi connectivity index (χ0v) is 19.0. The summed E-state index contributed by atoms with van der Waals surface area (Å²) >= 11 is 0. The monoisotopic (exact) mass is 425 g/mol. The normalized spacial score (nSPS) is 13.2. The molecule has 6 nitrogen and oxygen atoms in total. The molecule has 6 heteroatoms. The van der Waals surface area contributed by atoms with Crippen molar-refractivity contribution >= 4 is 12.0 Å². The number of benzene rings is 2. The predicted octanol–water partition coefficient (Wildman–Crippen LogP) is 4.26. The number of carbonyl (C=O) groups excluding carboxylic acids is 2. The molecule has 0 aliphatic rings. The molecule has 0 aromatic heterocycles. The third-order valence-corrected chi connectivity index (χ3v) is 4.84. The molecule has 0 bridgehead atoms. The second-order valence-corrected chi connectivity index (χ2v) is 8.69. The molecule has 2 amide bonds. The average molecular weight is 426 g/mol. The first-order valence-electron chi connectivity index (χ1n) is 10.8. The third kappa shape index (κ3) is 8.42. The fraction of sp³-hybridized carbons (Fsp3) is 0.440. The van der Waals surface area contributed by atoms with Crippen molar-refractivity contribution in [3.8, 4) is 0 Å². The van der Waals surface area contributed by atoms with Gasteiger partial charge in [0, 0.05) is 18.5 Å². The Labute approximate surface area is 185 Å². The predicted molar refractivity (Wildman–Crippen MR) is 124 cm³/mol. The Morgan fingerprint density at radius 2 is 1.61 bits per heavy atom. The van der Waals surface area contributed by atoms with Crippen LogP contribution in [0.25, 0.3) is 0 Å². The zero-order valence-electron chi connectivity index (χ0n) is 19.0. The number of ether oxygens (including phenoxy) is 1. The van der Waals surface area contributed by atoms with Crippen molar-refractivity contribution in [2.24, 2.45) is 5.73 Å². The third-order valence-electron chi connectivity index (χ3n) is 4.84. The van der Waals surface area contributed by atoms with E-state index in [9.17, 15) is 9.59 Å². The SMILES string of the molecule is CCCC(N)c1cccc(C(CNC(=O)CNC(=O)OC(C)(C)C)c2ccccc2)c1. The standard InChI is InChI=1S/C25H35N3O3/c1-5-10-22(26)20-14-9-13-19(15-20)21(18-11-7-6-8-12-18)16-27-23(29)17-28-24(30)31-25(2,3)4/h6-9,11-15,21-22H,5,10,16-17,26H2,1-4H3,(H,27,29)(H,28,30). The van der Waals surface area contributed by atoms with Crippen molar-refractivity contribution in [3.63, 3.8) is 0 Å². The first kappa shape index (κ1) is 24.4. The van der Waals surface area contributed by atoms with Crippen molar-refractivity contribution in [1.29, 1.82) is 0 Å². The van der Waals surface area contributed by atoms with Gasteiger partial charge in [-0.15, -0.1) is 0 Å². The van der Waals surface area contributed by atoms with Gasteiger partial charge in [0.05, 0.1) is 6.54 Å². The van der Waals surface area contributed by atoms with Gasteiger partial charge in [-0.05, 0) is 43.9 Å². The van der Waals surface area contributed by atoms with Crippen LogP contribution < -0.4 is 16.4 Å². The van der Waals surface area contributed by atoms with Gasteiger partial charge in [0.25, 0.3) is 0 Å². The summed E-state index contributed by atoms with van der Waals surface area (Å²) in [5.74, 6) is -0.300. The Balaban J connectivity index is 2.08. The van der Waals surface area contributed by atoms with Gasteiger partial charge < -0.3 is 21.1 Å². The Morgan fingerprint density at radius 3 is 2.26 bits per heavy atom. The molecule has 0 radical (unpaired) electrons. The maximum atomic E-state index is 12.3. The van der Waals surface area contributed by atoms with Gasteiger partial charge in [-0.3, -0.25) is 4.79 Å². The number of rotatable bonds is 9. The summed E-state index contributed by atoms with van der Waals surface area (Å²) in [5, 5.41) is 5.42. The van der Waals surface area contributed by atoms with Crippen LogP contribution in [0.3, 0.4) is 0 Å². The van der Waals surface area contributed by atoms with Gasteiger partial charge in [-0.2, -0.15) is 0 Å². The van der Waals surface area contributed by atoms with Crippen molar-refractivity contribution in [3.05, 3.63) is 71.3 Å². The number of alkyl carbamates (subject to hydrolysis) is 1. The van der Waals surface area contributed by atoms with E-state index in [0.717, 1.165) is 29.5 Å². The summed E-state index contributed by atoms with van der Waals surface area (Å²) in [5.41, 5.74) is 9.01. The minimum absolute atomic E-state index is 0.00556. The molecule has 0 spiro atoms. The number of nitrogens with two attached hydrogens (primary N) is 1. The van der Waals surface area contributed by atoms with E-state index in [0.29, 0.717) is 6.54 Å². The molecule has 0 aliphatic carbocycles. The number of amides is 2. The molecular formula is C25H35N3O3. The van der Waals surface area contributed by atoms with Crippen molar-refractivity contribution in [2.75, 3.05) is 13.1 Å². The summed E-state index contributed by atoms with van der Waals surface area (Å²) in [6, 6.07) is 18.3. The van der Waals surface area contributed by atoms with Crippen molar-refractivity contribution < 1.29 is 14.3 Å². The topological polar surface area (TPSA) is 93.5 Å². The molecule has 2 unspecified atom stereocenters. The molecule has 0 saturated carbocycles. The van der Waals surface area contributed by atoms with E-state index in [1.54, 1.807) is 20.8 Å². The quantitative estimate of drug-likeness (QED) is 0.560. The summed E-state index contributed by atoms with van der Waals surface area (Å²) in [4.78, 5) is 24.1. The van der Waals surface area contributed by atoms with Crippen LogP contribution in [0.5, 0.6) is 0 Å². The van der Waals surface area contributed by atoms with Gasteiger partial charge >= 0.3 is 6.09 Å². The highest BCUT2D eigenvalue weighted by atomic mass is 16.6. The Morgan fingerprint density at radius 1 is 0.968 bits per heavy atom. The van der Waals surface area contributed by atoms with E-state index < -0.39 is 11.7 Å². The maximum absolute atomic E-state index is 12.3. The Hall–Kier alpha value is -2.86. The van der Waals surface area contributed by atoms with E-state index in [-0.39, 0.29) is 24.4 Å². The van der Waals surface area contributed by atoms with E-state index in [1.165, 1.54) is 0 Å². The maximum Gasteiger partial charge on any atom is 0.408 e. The van der Waals surface area contributed by atoms with Crippen LogP contribution in [0, 0.1) is 0 Å². The van der Waals surface area contributed by atoms with Crippen LogP contribution in [-0.2, 0) is 9.53 Å². The largest absolute Gasteiger partial charge is 0.444 e. The molecule has 0 saturated heterocycles. The second kappa shape index (κ2) is 11.5. The highest BCUT2D eigenvalue weighted by molar-refractivity contribution is 5.82. The molecule has 168 valence electrons. The molecule has 2 aromatic rings. The van der Waals surface area contributed by atoms with Crippen molar-refractivity contribution in [2.45, 2.75) is 58.1 Å². The average Bonchev–Trinajstić information content (AvgIpc) is 2.72. The Kier molecular flexibility index (Phi) is 9.06.